The van der Waals surface area contributed by atoms with Gasteiger partial charge < -0.3 is 5.32 Å². The van der Waals surface area contributed by atoms with Crippen LogP contribution >= 0.6 is 0 Å². The second-order valence-corrected chi connectivity index (χ2v) is 4.48. The van der Waals surface area contributed by atoms with Gasteiger partial charge in [-0.1, -0.05) is 18.3 Å². The molecule has 0 heterocycles. The summed E-state index contributed by atoms with van der Waals surface area (Å²) >= 11 is 0. The first-order valence-electron chi connectivity index (χ1n) is 3.66. The summed E-state index contributed by atoms with van der Waals surface area (Å²) < 4.78 is 0. The van der Waals surface area contributed by atoms with E-state index in [4.69, 9.17) is 0 Å². The van der Waals surface area contributed by atoms with E-state index in [-0.39, 0.29) is 0 Å². The molecule has 1 N–H and O–H groups in total. The Morgan fingerprint density at radius 1 is 1.40 bits per heavy atom. The molecule has 0 spiro atoms. The Kier molecular flexibility index (Phi) is 6.54. The van der Waals surface area contributed by atoms with Crippen LogP contribution in [0.5, 0.6) is 0 Å². The molecule has 0 unspecified atom stereocenters. The van der Waals surface area contributed by atoms with Crippen molar-refractivity contribution in [2.45, 2.75) is 13.3 Å². The van der Waals surface area contributed by atoms with Gasteiger partial charge in [0.25, 0.3) is 0 Å². The van der Waals surface area contributed by atoms with Gasteiger partial charge in [0.05, 0.1) is 0 Å². The van der Waals surface area contributed by atoms with Crippen molar-refractivity contribution in [3.8, 4) is 0 Å². The summed E-state index contributed by atoms with van der Waals surface area (Å²) in [4.78, 5) is 0. The molecule has 10 heavy (non-hydrogen) atoms. The van der Waals surface area contributed by atoms with Gasteiger partial charge in [0, 0.05) is 0 Å². The van der Waals surface area contributed by atoms with Crippen LogP contribution in [0.15, 0.2) is 24.6 Å². The first-order chi connectivity index (χ1) is 4.85. The van der Waals surface area contributed by atoms with Crippen LogP contribution in [0, 0.1) is 0 Å². The van der Waals surface area contributed by atoms with Crippen LogP contribution < -0.4 is 5.32 Å². The lowest BCUT2D eigenvalue weighted by Gasteiger charge is -2.04. The third kappa shape index (κ3) is 4.53. The topological polar surface area (TPSA) is 12.0 Å². The minimum Gasteiger partial charge on any atom is -0.319 e. The van der Waals surface area contributed by atoms with E-state index in [1.165, 1.54) is 6.42 Å². The highest BCUT2D eigenvalue weighted by Gasteiger charge is 1.97. The number of rotatable bonds is 6. The van der Waals surface area contributed by atoms with Gasteiger partial charge in [-0.15, -0.1) is 13.2 Å². The van der Waals surface area contributed by atoms with Crippen molar-refractivity contribution in [1.29, 1.82) is 0 Å². The van der Waals surface area contributed by atoms with Crippen molar-refractivity contribution in [2.24, 2.45) is 0 Å². The summed E-state index contributed by atoms with van der Waals surface area (Å²) in [5.74, 6) is 0. The second kappa shape index (κ2) is 6.77. The Morgan fingerprint density at radius 2 is 2.00 bits per heavy atom. The average molecular weight is 154 g/mol. The lowest BCUT2D eigenvalue weighted by Crippen LogP contribution is -2.28. The van der Waals surface area contributed by atoms with Crippen molar-refractivity contribution < 1.29 is 0 Å². The Hall–Kier alpha value is -0.343. The zero-order chi connectivity index (χ0) is 7.82. The van der Waals surface area contributed by atoms with E-state index in [1.807, 2.05) is 11.4 Å². The monoisotopic (exact) mass is 154 g/mol. The molecule has 2 heteroatoms. The predicted octanol–water partition coefficient (Wildman–Crippen LogP) is 1.47. The summed E-state index contributed by atoms with van der Waals surface area (Å²) in [6.45, 7) is 10.8. The molecule has 0 bridgehead atoms. The maximum Gasteiger partial charge on any atom is 0.117 e. The molecule has 0 aliphatic rings. The van der Waals surface area contributed by atoms with Gasteiger partial charge in [-0.25, -0.2) is 0 Å². The molecule has 0 aliphatic heterocycles. The highest BCUT2D eigenvalue weighted by molar-refractivity contribution is 6.69. The molecule has 1 nitrogen and oxygen atoms in total. The fraction of sp³-hybridized carbons (Fsp3) is 0.500. The maximum atomic E-state index is 3.74. The van der Waals surface area contributed by atoms with Gasteiger partial charge in [-0.05, 0) is 19.1 Å². The van der Waals surface area contributed by atoms with Crippen LogP contribution in [-0.2, 0) is 0 Å². The Balaban J connectivity index is 3.25. The standard InChI is InChI=1S/C8H16NSi/c1-4-7-9-8-10(5-2)6-3/h5-6,9H,2-4,7-8H2,1H3. The molecule has 0 aromatic carbocycles. The van der Waals surface area contributed by atoms with Crippen molar-refractivity contribution in [3.63, 3.8) is 0 Å². The summed E-state index contributed by atoms with van der Waals surface area (Å²) in [5, 5.41) is 3.34. The van der Waals surface area contributed by atoms with Crippen LogP contribution in [0.3, 0.4) is 0 Å². The van der Waals surface area contributed by atoms with Gasteiger partial charge in [-0.3, -0.25) is 0 Å². The smallest absolute Gasteiger partial charge is 0.117 e. The normalized spacial score (nSPS) is 9.80. The predicted molar refractivity (Wildman–Crippen MR) is 49.3 cm³/mol. The largest absolute Gasteiger partial charge is 0.319 e. The Bertz CT molecular complexity index is 93.4. The number of hydrogen-bond acceptors (Lipinski definition) is 1. The fourth-order valence-corrected chi connectivity index (χ4v) is 1.56. The molecule has 0 atom stereocenters. The minimum atomic E-state index is -0.479. The Labute approximate surface area is 65.4 Å². The van der Waals surface area contributed by atoms with Gasteiger partial charge in [-0.2, -0.15) is 0 Å². The molecule has 57 valence electrons. The molecule has 0 aromatic heterocycles. The van der Waals surface area contributed by atoms with Crippen LogP contribution in [0.1, 0.15) is 13.3 Å². The fourth-order valence-electron chi connectivity index (χ4n) is 0.637. The van der Waals surface area contributed by atoms with E-state index in [1.54, 1.807) is 0 Å². The lowest BCUT2D eigenvalue weighted by molar-refractivity contribution is 0.748. The molecule has 0 amide bonds. The van der Waals surface area contributed by atoms with Crippen molar-refractivity contribution in [2.75, 3.05) is 12.7 Å². The van der Waals surface area contributed by atoms with E-state index in [2.05, 4.69) is 25.4 Å². The third-order valence-electron chi connectivity index (χ3n) is 1.28. The SMILES string of the molecule is C=C[Si](C=C)CNCCC. The van der Waals surface area contributed by atoms with Crippen molar-refractivity contribution in [1.82, 2.24) is 5.32 Å². The van der Waals surface area contributed by atoms with Crippen molar-refractivity contribution >= 4 is 8.80 Å². The molecule has 1 radical (unpaired) electrons. The maximum absolute atomic E-state index is 3.74. The molecule has 0 saturated carbocycles. The highest BCUT2D eigenvalue weighted by atomic mass is 28.3. The van der Waals surface area contributed by atoms with Crippen molar-refractivity contribution in [3.05, 3.63) is 24.6 Å². The second-order valence-electron chi connectivity index (χ2n) is 2.16. The summed E-state index contributed by atoms with van der Waals surface area (Å²) in [6.07, 6.45) is 2.27. The third-order valence-corrected chi connectivity index (χ3v) is 2.99. The summed E-state index contributed by atoms with van der Waals surface area (Å²) in [6, 6.07) is 0. The highest BCUT2D eigenvalue weighted by Crippen LogP contribution is 1.82. The molecular formula is C8H16NSi. The van der Waals surface area contributed by atoms with E-state index < -0.39 is 8.80 Å². The summed E-state index contributed by atoms with van der Waals surface area (Å²) in [7, 11) is -0.479. The molecule has 0 saturated heterocycles. The van der Waals surface area contributed by atoms with Crippen LogP contribution in [0.4, 0.5) is 0 Å². The zero-order valence-electron chi connectivity index (χ0n) is 6.69. The van der Waals surface area contributed by atoms with E-state index >= 15 is 0 Å². The quantitative estimate of drug-likeness (QED) is 0.451. The van der Waals surface area contributed by atoms with Gasteiger partial charge in [0.15, 0.2) is 0 Å². The van der Waals surface area contributed by atoms with Crippen LogP contribution in [0.25, 0.3) is 0 Å². The molecule has 0 aromatic rings. The average Bonchev–Trinajstić information content (AvgIpc) is 1.99. The lowest BCUT2D eigenvalue weighted by atomic mass is 10.5. The molecule has 0 fully saturated rings. The van der Waals surface area contributed by atoms with Gasteiger partial charge in [0.1, 0.15) is 8.80 Å². The first-order valence-corrected chi connectivity index (χ1v) is 5.52. The van der Waals surface area contributed by atoms with E-state index in [9.17, 15) is 0 Å². The van der Waals surface area contributed by atoms with E-state index in [0.29, 0.717) is 0 Å². The number of nitrogens with one attached hydrogen (secondary N) is 1. The van der Waals surface area contributed by atoms with Gasteiger partial charge in [0.2, 0.25) is 0 Å². The molecular weight excluding hydrogens is 138 g/mol. The van der Waals surface area contributed by atoms with E-state index in [0.717, 1.165) is 12.7 Å². The minimum absolute atomic E-state index is 0.479. The molecule has 0 rings (SSSR count). The van der Waals surface area contributed by atoms with Crippen LogP contribution in [-0.4, -0.2) is 21.5 Å². The number of hydrogen-bond donors (Lipinski definition) is 1. The Morgan fingerprint density at radius 3 is 2.40 bits per heavy atom. The summed E-state index contributed by atoms with van der Waals surface area (Å²) in [5.41, 5.74) is 4.03. The van der Waals surface area contributed by atoms with Crippen LogP contribution in [0.2, 0.25) is 0 Å². The zero-order valence-corrected chi connectivity index (χ0v) is 7.69. The molecule has 0 aliphatic carbocycles. The van der Waals surface area contributed by atoms with Gasteiger partial charge >= 0.3 is 0 Å². The first kappa shape index (κ1) is 9.66.